The molecule has 3 aromatic rings. The molecule has 7 heteroatoms. The number of rotatable bonds is 3. The van der Waals surface area contributed by atoms with Crippen molar-refractivity contribution < 1.29 is 9.59 Å². The molecule has 1 saturated heterocycles. The van der Waals surface area contributed by atoms with E-state index < -0.39 is 0 Å². The SMILES string of the molecule is CCn1c(NC(=O)c2ccc3c(c2)N2C(C)CCNCC2C3=O)nc2ccccc21. The smallest absolute Gasteiger partial charge is 0.258 e. The van der Waals surface area contributed by atoms with E-state index >= 15 is 0 Å². The second-order valence-electron chi connectivity index (χ2n) is 7.98. The number of aromatic nitrogens is 2. The van der Waals surface area contributed by atoms with Crippen molar-refractivity contribution in [2.45, 2.75) is 38.9 Å². The van der Waals surface area contributed by atoms with Crippen LogP contribution in [0.1, 0.15) is 41.0 Å². The molecule has 2 unspecified atom stereocenters. The number of hydrogen-bond donors (Lipinski definition) is 2. The van der Waals surface area contributed by atoms with Crippen molar-refractivity contribution in [2.75, 3.05) is 23.3 Å². The normalized spacial score (nSPS) is 20.7. The third-order valence-electron chi connectivity index (χ3n) is 6.19. The van der Waals surface area contributed by atoms with E-state index in [1.807, 2.05) is 41.8 Å². The summed E-state index contributed by atoms with van der Waals surface area (Å²) in [6.45, 7) is 6.40. The summed E-state index contributed by atoms with van der Waals surface area (Å²) < 4.78 is 1.99. The van der Waals surface area contributed by atoms with Crippen molar-refractivity contribution in [3.63, 3.8) is 0 Å². The number of nitrogens with zero attached hydrogens (tertiary/aromatic N) is 3. The maximum atomic E-state index is 13.1. The topological polar surface area (TPSA) is 79.3 Å². The molecule has 30 heavy (non-hydrogen) atoms. The zero-order chi connectivity index (χ0) is 20.8. The van der Waals surface area contributed by atoms with Crippen LogP contribution in [-0.2, 0) is 6.54 Å². The third-order valence-corrected chi connectivity index (χ3v) is 6.19. The van der Waals surface area contributed by atoms with Gasteiger partial charge in [-0.25, -0.2) is 4.98 Å². The summed E-state index contributed by atoms with van der Waals surface area (Å²) in [5, 5.41) is 6.32. The van der Waals surface area contributed by atoms with Gasteiger partial charge in [0.2, 0.25) is 5.95 Å². The third kappa shape index (κ3) is 2.89. The van der Waals surface area contributed by atoms with Crippen LogP contribution >= 0.6 is 0 Å². The van der Waals surface area contributed by atoms with Gasteiger partial charge < -0.3 is 14.8 Å². The highest BCUT2D eigenvalue weighted by Crippen LogP contribution is 2.36. The number of aryl methyl sites for hydroxylation is 1. The molecule has 2 atom stereocenters. The van der Waals surface area contributed by atoms with E-state index in [1.54, 1.807) is 12.1 Å². The Bertz CT molecular complexity index is 1150. The molecule has 2 N–H and O–H groups in total. The molecular formula is C23H25N5O2. The summed E-state index contributed by atoms with van der Waals surface area (Å²) in [7, 11) is 0. The number of carbonyl (C=O) groups excluding carboxylic acids is 2. The van der Waals surface area contributed by atoms with Crippen LogP contribution in [0.3, 0.4) is 0 Å². The van der Waals surface area contributed by atoms with Crippen molar-refractivity contribution in [3.8, 4) is 0 Å². The monoisotopic (exact) mass is 403 g/mol. The first-order chi connectivity index (χ1) is 14.6. The van der Waals surface area contributed by atoms with Gasteiger partial charge in [0.05, 0.1) is 11.0 Å². The van der Waals surface area contributed by atoms with Gasteiger partial charge in [-0.2, -0.15) is 0 Å². The van der Waals surface area contributed by atoms with Crippen molar-refractivity contribution in [1.29, 1.82) is 0 Å². The number of nitrogens with one attached hydrogen (secondary N) is 2. The molecule has 154 valence electrons. The van der Waals surface area contributed by atoms with Crippen LogP contribution in [0.4, 0.5) is 11.6 Å². The highest BCUT2D eigenvalue weighted by atomic mass is 16.2. The molecule has 1 amide bonds. The molecule has 2 aliphatic rings. The van der Waals surface area contributed by atoms with E-state index in [1.165, 1.54) is 0 Å². The predicted octanol–water partition coefficient (Wildman–Crippen LogP) is 3.06. The minimum absolute atomic E-state index is 0.131. The van der Waals surface area contributed by atoms with Gasteiger partial charge in [-0.3, -0.25) is 14.9 Å². The molecule has 0 radical (unpaired) electrons. The lowest BCUT2D eigenvalue weighted by molar-refractivity contribution is 0.0968. The fourth-order valence-corrected chi connectivity index (χ4v) is 4.66. The van der Waals surface area contributed by atoms with E-state index in [4.69, 9.17) is 0 Å². The standard InChI is InChI=1S/C23H25N5O2/c1-3-27-18-7-5-4-6-17(18)25-23(27)26-22(30)15-8-9-16-19(12-15)28-14(2)10-11-24-13-20(28)21(16)29/h4-9,12,14,20,24H,3,10-11,13H2,1-2H3,(H,25,26,30). The average Bonchev–Trinajstić information content (AvgIpc) is 3.16. The molecule has 0 saturated carbocycles. The fourth-order valence-electron chi connectivity index (χ4n) is 4.66. The average molecular weight is 403 g/mol. The van der Waals surface area contributed by atoms with Crippen LogP contribution in [0.2, 0.25) is 0 Å². The van der Waals surface area contributed by atoms with Crippen molar-refractivity contribution in [3.05, 3.63) is 53.6 Å². The van der Waals surface area contributed by atoms with Gasteiger partial charge in [0.25, 0.3) is 5.91 Å². The molecule has 1 aromatic heterocycles. The lowest BCUT2D eigenvalue weighted by Crippen LogP contribution is -2.43. The summed E-state index contributed by atoms with van der Waals surface area (Å²) in [6, 6.07) is 13.2. The molecule has 0 aliphatic carbocycles. The Hall–Kier alpha value is -3.19. The number of para-hydroxylation sites is 2. The van der Waals surface area contributed by atoms with Crippen LogP contribution in [-0.4, -0.2) is 46.4 Å². The van der Waals surface area contributed by atoms with Crippen LogP contribution < -0.4 is 15.5 Å². The molecule has 0 spiro atoms. The summed E-state index contributed by atoms with van der Waals surface area (Å²) in [5.41, 5.74) is 3.93. The Labute approximate surface area is 175 Å². The Morgan fingerprint density at radius 2 is 2.10 bits per heavy atom. The number of carbonyl (C=O) groups is 2. The van der Waals surface area contributed by atoms with Crippen LogP contribution in [0.5, 0.6) is 0 Å². The highest BCUT2D eigenvalue weighted by Gasteiger charge is 2.40. The second-order valence-corrected chi connectivity index (χ2v) is 7.98. The quantitative estimate of drug-likeness (QED) is 0.703. The van der Waals surface area contributed by atoms with Gasteiger partial charge in [0.15, 0.2) is 5.78 Å². The number of Topliss-reactive ketones (excluding diaryl/α,β-unsaturated/α-hetero) is 1. The van der Waals surface area contributed by atoms with Crippen LogP contribution in [0.15, 0.2) is 42.5 Å². The zero-order valence-corrected chi connectivity index (χ0v) is 17.2. The minimum Gasteiger partial charge on any atom is -0.356 e. The van der Waals surface area contributed by atoms with Crippen molar-refractivity contribution in [2.24, 2.45) is 0 Å². The predicted molar refractivity (Wildman–Crippen MR) is 117 cm³/mol. The number of amides is 1. The highest BCUT2D eigenvalue weighted by molar-refractivity contribution is 6.13. The van der Waals surface area contributed by atoms with Gasteiger partial charge in [-0.05, 0) is 57.1 Å². The lowest BCUT2D eigenvalue weighted by atomic mass is 10.1. The van der Waals surface area contributed by atoms with Gasteiger partial charge in [0, 0.05) is 35.9 Å². The summed E-state index contributed by atoms with van der Waals surface area (Å²) >= 11 is 0. The number of anilines is 2. The maximum absolute atomic E-state index is 13.1. The first-order valence-corrected chi connectivity index (χ1v) is 10.5. The van der Waals surface area contributed by atoms with E-state index in [0.717, 1.165) is 29.7 Å². The first kappa shape index (κ1) is 18.8. The number of ketones is 1. The van der Waals surface area contributed by atoms with Gasteiger partial charge in [-0.1, -0.05) is 12.1 Å². The van der Waals surface area contributed by atoms with Gasteiger partial charge in [-0.15, -0.1) is 0 Å². The summed E-state index contributed by atoms with van der Waals surface area (Å²) in [5.74, 6) is 0.441. The number of imidazole rings is 1. The number of hydrogen-bond acceptors (Lipinski definition) is 5. The Morgan fingerprint density at radius 3 is 2.93 bits per heavy atom. The largest absolute Gasteiger partial charge is 0.356 e. The Morgan fingerprint density at radius 1 is 1.27 bits per heavy atom. The molecule has 1 fully saturated rings. The van der Waals surface area contributed by atoms with E-state index in [-0.39, 0.29) is 23.8 Å². The first-order valence-electron chi connectivity index (χ1n) is 10.5. The molecule has 3 heterocycles. The second kappa shape index (κ2) is 7.25. The van der Waals surface area contributed by atoms with Crippen LogP contribution in [0, 0.1) is 0 Å². The Balaban J connectivity index is 1.48. The minimum atomic E-state index is -0.223. The summed E-state index contributed by atoms with van der Waals surface area (Å²) in [4.78, 5) is 32.7. The number of benzene rings is 2. The molecule has 2 aromatic carbocycles. The molecule has 0 bridgehead atoms. The molecule has 2 aliphatic heterocycles. The zero-order valence-electron chi connectivity index (χ0n) is 17.2. The Kier molecular flexibility index (Phi) is 4.55. The summed E-state index contributed by atoms with van der Waals surface area (Å²) in [6.07, 6.45) is 0.959. The van der Waals surface area contributed by atoms with E-state index in [0.29, 0.717) is 30.2 Å². The van der Waals surface area contributed by atoms with E-state index in [2.05, 4.69) is 27.4 Å². The molecular weight excluding hydrogens is 378 g/mol. The fraction of sp³-hybridized carbons (Fsp3) is 0.348. The van der Waals surface area contributed by atoms with Gasteiger partial charge >= 0.3 is 0 Å². The van der Waals surface area contributed by atoms with Crippen molar-refractivity contribution >= 4 is 34.4 Å². The van der Waals surface area contributed by atoms with Crippen LogP contribution in [0.25, 0.3) is 11.0 Å². The van der Waals surface area contributed by atoms with E-state index in [9.17, 15) is 9.59 Å². The van der Waals surface area contributed by atoms with Crippen molar-refractivity contribution in [1.82, 2.24) is 14.9 Å². The lowest BCUT2D eigenvalue weighted by Gasteiger charge is -2.29. The molecule has 7 nitrogen and oxygen atoms in total. The van der Waals surface area contributed by atoms with Gasteiger partial charge in [0.1, 0.15) is 6.04 Å². The molecule has 5 rings (SSSR count). The number of fused-ring (bicyclic) bond motifs is 4. The maximum Gasteiger partial charge on any atom is 0.258 e.